The number of carbonyl (C=O) groups is 1. The Kier molecular flexibility index (Phi) is 2.56. The number of hydrogen-bond acceptors (Lipinski definition) is 3. The van der Waals surface area contributed by atoms with Crippen molar-refractivity contribution >= 4 is 17.9 Å². The third-order valence-electron chi connectivity index (χ3n) is 2.04. The van der Waals surface area contributed by atoms with E-state index in [4.69, 9.17) is 16.0 Å². The van der Waals surface area contributed by atoms with Gasteiger partial charge in [0.15, 0.2) is 6.29 Å². The summed E-state index contributed by atoms with van der Waals surface area (Å²) in [6, 6.07) is 7.08. The summed E-state index contributed by atoms with van der Waals surface area (Å²) >= 11 is 5.76. The van der Waals surface area contributed by atoms with Crippen LogP contribution in [0.5, 0.6) is 0 Å². The van der Waals surface area contributed by atoms with Crippen LogP contribution in [0.3, 0.4) is 0 Å². The number of aromatic nitrogens is 1. The Labute approximate surface area is 91.7 Å². The first-order valence-corrected chi connectivity index (χ1v) is 4.77. The summed E-state index contributed by atoms with van der Waals surface area (Å²) in [6.07, 6.45) is 0.679. The van der Waals surface area contributed by atoms with Crippen LogP contribution in [0.2, 0.25) is 5.02 Å². The van der Waals surface area contributed by atoms with Gasteiger partial charge in [-0.2, -0.15) is 0 Å². The predicted octanol–water partition coefficient (Wildman–Crippen LogP) is 3.12. The highest BCUT2D eigenvalue weighted by atomic mass is 35.5. The van der Waals surface area contributed by atoms with Crippen molar-refractivity contribution in [2.24, 2.45) is 0 Å². The van der Waals surface area contributed by atoms with E-state index < -0.39 is 0 Å². The fourth-order valence-corrected chi connectivity index (χ4v) is 1.36. The van der Waals surface area contributed by atoms with E-state index in [1.54, 1.807) is 31.2 Å². The molecule has 0 saturated carbocycles. The summed E-state index contributed by atoms with van der Waals surface area (Å²) in [4.78, 5) is 14.6. The molecule has 0 radical (unpaired) electrons. The number of oxazole rings is 1. The number of carbonyl (C=O) groups excluding carboxylic acids is 1. The zero-order chi connectivity index (χ0) is 10.8. The van der Waals surface area contributed by atoms with Gasteiger partial charge in [0.25, 0.3) is 0 Å². The van der Waals surface area contributed by atoms with Crippen molar-refractivity contribution < 1.29 is 9.21 Å². The van der Waals surface area contributed by atoms with E-state index in [9.17, 15) is 4.79 Å². The van der Waals surface area contributed by atoms with Crippen LogP contribution in [0.25, 0.3) is 11.5 Å². The summed E-state index contributed by atoms with van der Waals surface area (Å²) < 4.78 is 5.35. The summed E-state index contributed by atoms with van der Waals surface area (Å²) in [5.74, 6) is 0.959. The molecule has 2 rings (SSSR count). The molecule has 15 heavy (non-hydrogen) atoms. The Morgan fingerprint density at radius 3 is 2.53 bits per heavy atom. The second kappa shape index (κ2) is 3.87. The fourth-order valence-electron chi connectivity index (χ4n) is 1.23. The first-order chi connectivity index (χ1) is 7.20. The molecule has 1 heterocycles. The average molecular weight is 222 g/mol. The highest BCUT2D eigenvalue weighted by Crippen LogP contribution is 2.22. The molecule has 0 amide bonds. The minimum absolute atomic E-state index is 0.333. The van der Waals surface area contributed by atoms with Gasteiger partial charge in [-0.3, -0.25) is 4.79 Å². The number of aldehydes is 1. The number of benzene rings is 1. The fraction of sp³-hybridized carbons (Fsp3) is 0.0909. The second-order valence-electron chi connectivity index (χ2n) is 3.09. The van der Waals surface area contributed by atoms with Crippen LogP contribution in [0.1, 0.15) is 16.2 Å². The molecule has 0 atom stereocenters. The Morgan fingerprint density at radius 1 is 1.33 bits per heavy atom. The maximum Gasteiger partial charge on any atom is 0.226 e. The Morgan fingerprint density at radius 2 is 2.00 bits per heavy atom. The Hall–Kier alpha value is -1.61. The lowest BCUT2D eigenvalue weighted by molar-refractivity contribution is 0.111. The molecule has 1 aromatic heterocycles. The molecule has 0 aliphatic rings. The zero-order valence-electron chi connectivity index (χ0n) is 8.03. The number of rotatable bonds is 2. The smallest absolute Gasteiger partial charge is 0.226 e. The van der Waals surface area contributed by atoms with Gasteiger partial charge in [0, 0.05) is 10.6 Å². The van der Waals surface area contributed by atoms with Crippen molar-refractivity contribution in [3.63, 3.8) is 0 Å². The molecule has 3 nitrogen and oxygen atoms in total. The number of hydrogen-bond donors (Lipinski definition) is 0. The molecular formula is C11H8ClNO2. The third kappa shape index (κ3) is 1.92. The molecule has 0 saturated heterocycles. The predicted molar refractivity (Wildman–Crippen MR) is 57.1 cm³/mol. The molecule has 0 aliphatic carbocycles. The third-order valence-corrected chi connectivity index (χ3v) is 2.29. The average Bonchev–Trinajstić information content (AvgIpc) is 2.61. The van der Waals surface area contributed by atoms with Gasteiger partial charge in [0.1, 0.15) is 11.5 Å². The number of halogens is 1. The lowest BCUT2D eigenvalue weighted by atomic mass is 10.2. The first kappa shape index (κ1) is 9.93. The molecule has 0 aliphatic heterocycles. The molecule has 2 aromatic rings. The van der Waals surface area contributed by atoms with E-state index in [-0.39, 0.29) is 0 Å². The summed E-state index contributed by atoms with van der Waals surface area (Å²) in [7, 11) is 0. The van der Waals surface area contributed by atoms with Crippen LogP contribution in [0, 0.1) is 6.92 Å². The van der Waals surface area contributed by atoms with Gasteiger partial charge in [-0.15, -0.1) is 0 Å². The van der Waals surface area contributed by atoms with Gasteiger partial charge in [0.05, 0.1) is 0 Å². The zero-order valence-corrected chi connectivity index (χ0v) is 8.78. The lowest BCUT2D eigenvalue weighted by Crippen LogP contribution is -1.82. The van der Waals surface area contributed by atoms with Gasteiger partial charge in [-0.25, -0.2) is 4.98 Å². The molecular weight excluding hydrogens is 214 g/mol. The van der Waals surface area contributed by atoms with Crippen molar-refractivity contribution in [3.05, 3.63) is 40.7 Å². The topological polar surface area (TPSA) is 43.1 Å². The summed E-state index contributed by atoms with van der Waals surface area (Å²) in [5, 5.41) is 0.651. The van der Waals surface area contributed by atoms with Gasteiger partial charge >= 0.3 is 0 Å². The highest BCUT2D eigenvalue weighted by Gasteiger charge is 2.09. The quantitative estimate of drug-likeness (QED) is 0.732. The van der Waals surface area contributed by atoms with Crippen molar-refractivity contribution in [2.75, 3.05) is 0 Å². The number of aryl methyl sites for hydroxylation is 1. The van der Waals surface area contributed by atoms with E-state index in [0.717, 1.165) is 5.56 Å². The Balaban J connectivity index is 2.45. The van der Waals surface area contributed by atoms with Gasteiger partial charge in [0.2, 0.25) is 5.89 Å². The van der Waals surface area contributed by atoms with Crippen LogP contribution < -0.4 is 0 Å². The van der Waals surface area contributed by atoms with Gasteiger partial charge in [-0.1, -0.05) is 11.6 Å². The molecule has 1 aromatic carbocycles. The normalized spacial score (nSPS) is 10.3. The van der Waals surface area contributed by atoms with Crippen LogP contribution >= 0.6 is 11.6 Å². The highest BCUT2D eigenvalue weighted by molar-refractivity contribution is 6.30. The van der Waals surface area contributed by atoms with Crippen LogP contribution in [-0.2, 0) is 0 Å². The maximum absolute atomic E-state index is 10.6. The van der Waals surface area contributed by atoms with Crippen molar-refractivity contribution in [3.8, 4) is 11.5 Å². The molecule has 76 valence electrons. The maximum atomic E-state index is 10.6. The van der Waals surface area contributed by atoms with E-state index >= 15 is 0 Å². The standard InChI is InChI=1S/C11H8ClNO2/c1-7-10(6-14)13-11(15-7)8-2-4-9(12)5-3-8/h2-6H,1H3. The van der Waals surface area contributed by atoms with Crippen LogP contribution in [0.15, 0.2) is 28.7 Å². The van der Waals surface area contributed by atoms with Crippen LogP contribution in [-0.4, -0.2) is 11.3 Å². The molecule has 0 fully saturated rings. The lowest BCUT2D eigenvalue weighted by Gasteiger charge is -1.94. The molecule has 0 bridgehead atoms. The van der Waals surface area contributed by atoms with E-state index in [1.165, 1.54) is 0 Å². The Bertz CT molecular complexity index is 488. The van der Waals surface area contributed by atoms with Crippen molar-refractivity contribution in [2.45, 2.75) is 6.92 Å². The van der Waals surface area contributed by atoms with Gasteiger partial charge < -0.3 is 4.42 Å². The largest absolute Gasteiger partial charge is 0.441 e. The molecule has 0 N–H and O–H groups in total. The molecule has 4 heteroatoms. The first-order valence-electron chi connectivity index (χ1n) is 4.39. The van der Waals surface area contributed by atoms with E-state index in [2.05, 4.69) is 4.98 Å². The van der Waals surface area contributed by atoms with Gasteiger partial charge in [-0.05, 0) is 31.2 Å². The summed E-state index contributed by atoms with van der Waals surface area (Å²) in [5.41, 5.74) is 1.13. The van der Waals surface area contributed by atoms with E-state index in [1.807, 2.05) is 0 Å². The van der Waals surface area contributed by atoms with E-state index in [0.29, 0.717) is 28.7 Å². The molecule has 0 unspecified atom stereocenters. The minimum Gasteiger partial charge on any atom is -0.441 e. The van der Waals surface area contributed by atoms with Crippen LogP contribution in [0.4, 0.5) is 0 Å². The summed E-state index contributed by atoms with van der Waals surface area (Å²) in [6.45, 7) is 1.70. The monoisotopic (exact) mass is 221 g/mol. The van der Waals surface area contributed by atoms with Crippen molar-refractivity contribution in [1.82, 2.24) is 4.98 Å². The van der Waals surface area contributed by atoms with Crippen molar-refractivity contribution in [1.29, 1.82) is 0 Å². The minimum atomic E-state index is 0.333. The SMILES string of the molecule is Cc1oc(-c2ccc(Cl)cc2)nc1C=O. The second-order valence-corrected chi connectivity index (χ2v) is 3.52. The molecule has 0 spiro atoms. The number of nitrogens with zero attached hydrogens (tertiary/aromatic N) is 1.